The standard InChI is InChI=1S/C17H22N2O3S/c20-16-10-14-13(19(16)11-12-4-7-22-8-5-12)3-6-18(14)17(21)15-2-1-9-23-15/h1-2,9,12-14H,3-8,10-11H2/t13-,14+/m0/s1. The second-order valence-corrected chi connectivity index (χ2v) is 7.65. The smallest absolute Gasteiger partial charge is 0.264 e. The third-order valence-corrected chi connectivity index (χ3v) is 6.26. The number of carbonyl (C=O) groups is 2. The van der Waals surface area contributed by atoms with Crippen LogP contribution in [0, 0.1) is 5.92 Å². The highest BCUT2D eigenvalue weighted by atomic mass is 32.1. The highest BCUT2D eigenvalue weighted by Crippen LogP contribution is 2.35. The van der Waals surface area contributed by atoms with Gasteiger partial charge in [0.1, 0.15) is 0 Å². The van der Waals surface area contributed by atoms with Crippen LogP contribution in [0.1, 0.15) is 35.4 Å². The van der Waals surface area contributed by atoms with Gasteiger partial charge in [0.2, 0.25) is 5.91 Å². The Morgan fingerprint density at radius 3 is 2.83 bits per heavy atom. The van der Waals surface area contributed by atoms with Crippen molar-refractivity contribution in [3.8, 4) is 0 Å². The van der Waals surface area contributed by atoms with Crippen LogP contribution in [0.2, 0.25) is 0 Å². The number of nitrogens with zero attached hydrogens (tertiary/aromatic N) is 2. The third kappa shape index (κ3) is 2.78. The molecule has 124 valence electrons. The van der Waals surface area contributed by atoms with Crippen LogP contribution < -0.4 is 0 Å². The van der Waals surface area contributed by atoms with Gasteiger partial charge in [0.15, 0.2) is 0 Å². The van der Waals surface area contributed by atoms with Gasteiger partial charge >= 0.3 is 0 Å². The van der Waals surface area contributed by atoms with Gasteiger partial charge in [-0.15, -0.1) is 11.3 Å². The molecule has 0 saturated carbocycles. The summed E-state index contributed by atoms with van der Waals surface area (Å²) in [6, 6.07) is 4.06. The number of likely N-dealkylation sites (tertiary alicyclic amines) is 2. The fourth-order valence-corrected chi connectivity index (χ4v) is 4.85. The largest absolute Gasteiger partial charge is 0.381 e. The van der Waals surface area contributed by atoms with E-state index in [2.05, 4.69) is 4.90 Å². The molecule has 0 aliphatic carbocycles. The average Bonchev–Trinajstić information content (AvgIpc) is 3.27. The van der Waals surface area contributed by atoms with E-state index in [4.69, 9.17) is 4.74 Å². The SMILES string of the molecule is O=C(c1cccs1)N1CC[C@H]2[C@H]1CC(=O)N2CC1CCOCC1. The topological polar surface area (TPSA) is 49.9 Å². The van der Waals surface area contributed by atoms with Crippen molar-refractivity contribution in [3.63, 3.8) is 0 Å². The lowest BCUT2D eigenvalue weighted by Crippen LogP contribution is -2.42. The van der Waals surface area contributed by atoms with Gasteiger partial charge in [-0.05, 0) is 36.6 Å². The molecule has 4 rings (SSSR count). The number of amides is 2. The number of carbonyl (C=O) groups excluding carboxylic acids is 2. The van der Waals surface area contributed by atoms with E-state index in [1.54, 1.807) is 0 Å². The minimum Gasteiger partial charge on any atom is -0.381 e. The van der Waals surface area contributed by atoms with E-state index in [0.29, 0.717) is 12.3 Å². The molecule has 0 N–H and O–H groups in total. The van der Waals surface area contributed by atoms with Crippen molar-refractivity contribution < 1.29 is 14.3 Å². The van der Waals surface area contributed by atoms with Gasteiger partial charge in [0.25, 0.3) is 5.91 Å². The van der Waals surface area contributed by atoms with Crippen LogP contribution in [0.3, 0.4) is 0 Å². The molecule has 0 unspecified atom stereocenters. The number of thiophene rings is 1. The minimum atomic E-state index is 0.0666. The minimum absolute atomic E-state index is 0.0666. The molecular formula is C17H22N2O3S. The van der Waals surface area contributed by atoms with E-state index < -0.39 is 0 Å². The van der Waals surface area contributed by atoms with Crippen molar-refractivity contribution in [1.29, 1.82) is 0 Å². The first-order chi connectivity index (χ1) is 11.2. The first-order valence-corrected chi connectivity index (χ1v) is 9.33. The third-order valence-electron chi connectivity index (χ3n) is 5.40. The van der Waals surface area contributed by atoms with Crippen molar-refractivity contribution >= 4 is 23.2 Å². The first-order valence-electron chi connectivity index (χ1n) is 8.45. The second kappa shape index (κ2) is 6.24. The van der Waals surface area contributed by atoms with E-state index >= 15 is 0 Å². The zero-order valence-electron chi connectivity index (χ0n) is 13.1. The number of hydrogen-bond acceptors (Lipinski definition) is 4. The Labute approximate surface area is 140 Å². The highest BCUT2D eigenvalue weighted by molar-refractivity contribution is 7.12. The van der Waals surface area contributed by atoms with Crippen molar-refractivity contribution in [2.24, 2.45) is 5.92 Å². The van der Waals surface area contributed by atoms with Crippen LogP contribution in [-0.2, 0) is 9.53 Å². The zero-order chi connectivity index (χ0) is 15.8. The predicted molar refractivity (Wildman–Crippen MR) is 87.4 cm³/mol. The number of hydrogen-bond donors (Lipinski definition) is 0. The molecule has 0 radical (unpaired) electrons. The maximum atomic E-state index is 12.6. The van der Waals surface area contributed by atoms with Crippen LogP contribution in [0.5, 0.6) is 0 Å². The molecule has 1 aromatic heterocycles. The Hall–Kier alpha value is -1.40. The summed E-state index contributed by atoms with van der Waals surface area (Å²) in [5.74, 6) is 0.858. The van der Waals surface area contributed by atoms with Gasteiger partial charge in [-0.3, -0.25) is 9.59 Å². The van der Waals surface area contributed by atoms with Gasteiger partial charge < -0.3 is 14.5 Å². The highest BCUT2D eigenvalue weighted by Gasteiger charge is 2.48. The Morgan fingerprint density at radius 1 is 1.26 bits per heavy atom. The molecule has 2 amide bonds. The van der Waals surface area contributed by atoms with Crippen molar-refractivity contribution in [1.82, 2.24) is 9.80 Å². The molecule has 0 spiro atoms. The molecule has 6 heteroatoms. The predicted octanol–water partition coefficient (Wildman–Crippen LogP) is 1.99. The number of rotatable bonds is 3. The maximum Gasteiger partial charge on any atom is 0.264 e. The van der Waals surface area contributed by atoms with Gasteiger partial charge in [-0.1, -0.05) is 6.07 Å². The summed E-state index contributed by atoms with van der Waals surface area (Å²) in [4.78, 5) is 29.9. The molecule has 3 aliphatic rings. The van der Waals surface area contributed by atoms with Crippen molar-refractivity contribution in [3.05, 3.63) is 22.4 Å². The molecule has 2 atom stereocenters. The Balaban J connectivity index is 1.45. The van der Waals surface area contributed by atoms with E-state index in [0.717, 1.165) is 50.4 Å². The summed E-state index contributed by atoms with van der Waals surface area (Å²) in [5.41, 5.74) is 0. The molecule has 0 aromatic carbocycles. The van der Waals surface area contributed by atoms with Crippen LogP contribution in [0.4, 0.5) is 0 Å². The van der Waals surface area contributed by atoms with Gasteiger partial charge in [-0.2, -0.15) is 0 Å². The monoisotopic (exact) mass is 334 g/mol. The zero-order valence-corrected chi connectivity index (χ0v) is 14.0. The lowest BCUT2D eigenvalue weighted by Gasteiger charge is -2.30. The van der Waals surface area contributed by atoms with E-state index in [1.165, 1.54) is 11.3 Å². The molecule has 0 bridgehead atoms. The lowest BCUT2D eigenvalue weighted by molar-refractivity contribution is -0.130. The van der Waals surface area contributed by atoms with Crippen LogP contribution in [0.15, 0.2) is 17.5 Å². The Bertz CT molecular complexity index is 583. The molecule has 4 heterocycles. The summed E-state index contributed by atoms with van der Waals surface area (Å²) in [5, 5.41) is 1.93. The lowest BCUT2D eigenvalue weighted by atomic mass is 9.99. The number of fused-ring (bicyclic) bond motifs is 1. The van der Waals surface area contributed by atoms with Crippen LogP contribution >= 0.6 is 11.3 Å². The van der Waals surface area contributed by atoms with Gasteiger partial charge in [0, 0.05) is 32.7 Å². The maximum absolute atomic E-state index is 12.6. The van der Waals surface area contributed by atoms with Crippen LogP contribution in [-0.4, -0.2) is 60.0 Å². The summed E-state index contributed by atoms with van der Waals surface area (Å²) in [6.07, 6.45) is 3.49. The van der Waals surface area contributed by atoms with E-state index in [1.807, 2.05) is 22.4 Å². The van der Waals surface area contributed by atoms with E-state index in [-0.39, 0.29) is 23.9 Å². The molecular weight excluding hydrogens is 312 g/mol. The Morgan fingerprint density at radius 2 is 2.09 bits per heavy atom. The number of ether oxygens (including phenoxy) is 1. The van der Waals surface area contributed by atoms with Crippen molar-refractivity contribution in [2.75, 3.05) is 26.3 Å². The summed E-state index contributed by atoms with van der Waals surface area (Å²) >= 11 is 1.48. The average molecular weight is 334 g/mol. The molecule has 5 nitrogen and oxygen atoms in total. The normalized spacial score (nSPS) is 28.4. The first kappa shape index (κ1) is 15.1. The van der Waals surface area contributed by atoms with Gasteiger partial charge in [0.05, 0.1) is 17.0 Å². The summed E-state index contributed by atoms with van der Waals surface area (Å²) < 4.78 is 5.41. The molecule has 3 fully saturated rings. The molecule has 3 aliphatic heterocycles. The van der Waals surface area contributed by atoms with Crippen molar-refractivity contribution in [2.45, 2.75) is 37.8 Å². The molecule has 23 heavy (non-hydrogen) atoms. The quantitative estimate of drug-likeness (QED) is 0.849. The van der Waals surface area contributed by atoms with Crippen LogP contribution in [0.25, 0.3) is 0 Å². The fourth-order valence-electron chi connectivity index (χ4n) is 4.17. The molecule has 3 saturated heterocycles. The molecule has 1 aromatic rings. The summed E-state index contributed by atoms with van der Waals surface area (Å²) in [7, 11) is 0. The summed E-state index contributed by atoms with van der Waals surface area (Å²) in [6.45, 7) is 3.22. The fraction of sp³-hybridized carbons (Fsp3) is 0.647. The van der Waals surface area contributed by atoms with E-state index in [9.17, 15) is 9.59 Å². The Kier molecular flexibility index (Phi) is 4.11. The van der Waals surface area contributed by atoms with Gasteiger partial charge in [-0.25, -0.2) is 0 Å². The second-order valence-electron chi connectivity index (χ2n) is 6.71.